The number of thioether (sulfide) groups is 1. The average Bonchev–Trinajstić information content (AvgIpc) is 3.20. The molecule has 1 aromatic carbocycles. The van der Waals surface area contributed by atoms with Crippen LogP contribution in [0.5, 0.6) is 0 Å². The largest absolute Gasteiger partial charge is 0.351 e. The Morgan fingerprint density at radius 1 is 1.22 bits per heavy atom. The summed E-state index contributed by atoms with van der Waals surface area (Å²) in [6, 6.07) is 9.86. The van der Waals surface area contributed by atoms with E-state index < -0.39 is 0 Å². The van der Waals surface area contributed by atoms with E-state index in [4.69, 9.17) is 0 Å². The molecule has 1 aliphatic rings. The van der Waals surface area contributed by atoms with Gasteiger partial charge >= 0.3 is 0 Å². The topological polar surface area (TPSA) is 78.4 Å². The summed E-state index contributed by atoms with van der Waals surface area (Å²) in [6.45, 7) is 5.51. The van der Waals surface area contributed by atoms with Crippen molar-refractivity contribution in [1.82, 2.24) is 25.3 Å². The van der Waals surface area contributed by atoms with Crippen LogP contribution in [0.1, 0.15) is 12.5 Å². The Kier molecular flexibility index (Phi) is 7.19. The number of piperazine rings is 1. The molecule has 1 saturated heterocycles. The zero-order valence-electron chi connectivity index (χ0n) is 15.2. The fraction of sp³-hybridized carbons (Fsp3) is 0.444. The fourth-order valence-corrected chi connectivity index (χ4v) is 4.56. The summed E-state index contributed by atoms with van der Waals surface area (Å²) in [5.41, 5.74) is 2.75. The Bertz CT molecular complexity index is 733. The molecule has 2 amide bonds. The minimum Gasteiger partial charge on any atom is -0.351 e. The molecule has 0 saturated carbocycles. The van der Waals surface area contributed by atoms with Crippen molar-refractivity contribution in [1.29, 1.82) is 0 Å². The molecule has 3 rings (SSSR count). The van der Waals surface area contributed by atoms with Crippen LogP contribution in [0.15, 0.2) is 40.2 Å². The van der Waals surface area contributed by atoms with Crippen molar-refractivity contribution in [3.8, 4) is 0 Å². The van der Waals surface area contributed by atoms with Crippen molar-refractivity contribution < 1.29 is 9.59 Å². The zero-order valence-corrected chi connectivity index (χ0v) is 16.8. The number of hydrogen-bond acceptors (Lipinski definition) is 7. The van der Waals surface area contributed by atoms with Crippen LogP contribution in [0.2, 0.25) is 0 Å². The molecule has 0 radical (unpaired) electrons. The molecule has 7 nitrogen and oxygen atoms in total. The van der Waals surface area contributed by atoms with E-state index in [0.717, 1.165) is 9.90 Å². The number of amides is 2. The van der Waals surface area contributed by atoms with Gasteiger partial charge in [0.2, 0.25) is 11.8 Å². The molecule has 2 aromatic rings. The van der Waals surface area contributed by atoms with Crippen LogP contribution in [0.25, 0.3) is 0 Å². The molecule has 9 heteroatoms. The van der Waals surface area contributed by atoms with Gasteiger partial charge in [-0.1, -0.05) is 53.4 Å². The van der Waals surface area contributed by atoms with Gasteiger partial charge in [-0.15, -0.1) is 10.2 Å². The van der Waals surface area contributed by atoms with Gasteiger partial charge in [-0.25, -0.2) is 0 Å². The molecule has 1 unspecified atom stereocenters. The van der Waals surface area contributed by atoms with Crippen LogP contribution < -0.4 is 5.32 Å². The summed E-state index contributed by atoms with van der Waals surface area (Å²) >= 11 is 2.89. The summed E-state index contributed by atoms with van der Waals surface area (Å²) in [5.74, 6) is 0.127. The third-order valence-electron chi connectivity index (χ3n) is 4.35. The van der Waals surface area contributed by atoms with Gasteiger partial charge in [0.05, 0.1) is 11.8 Å². The number of benzene rings is 1. The monoisotopic (exact) mass is 405 g/mol. The number of hydrogen-bond donors (Lipinski definition) is 1. The Balaban J connectivity index is 1.38. The molecular weight excluding hydrogens is 382 g/mol. The predicted molar refractivity (Wildman–Crippen MR) is 107 cm³/mol. The molecule has 0 spiro atoms. The average molecular weight is 406 g/mol. The maximum Gasteiger partial charge on any atom is 0.235 e. The van der Waals surface area contributed by atoms with E-state index in [-0.39, 0.29) is 17.1 Å². The molecule has 1 aromatic heterocycles. The Morgan fingerprint density at radius 2 is 1.96 bits per heavy atom. The van der Waals surface area contributed by atoms with Crippen LogP contribution in [0.4, 0.5) is 0 Å². The van der Waals surface area contributed by atoms with Gasteiger partial charge < -0.3 is 10.2 Å². The summed E-state index contributed by atoms with van der Waals surface area (Å²) in [6.07, 6.45) is 0. The highest BCUT2D eigenvalue weighted by Crippen LogP contribution is 2.25. The van der Waals surface area contributed by atoms with E-state index in [0.29, 0.717) is 39.3 Å². The third-order valence-corrected chi connectivity index (χ3v) is 6.25. The third kappa shape index (κ3) is 6.02. The van der Waals surface area contributed by atoms with E-state index in [2.05, 4.69) is 20.4 Å². The molecule has 0 bridgehead atoms. The second-order valence-corrected chi connectivity index (χ2v) is 8.75. The summed E-state index contributed by atoms with van der Waals surface area (Å²) in [7, 11) is 0. The highest BCUT2D eigenvalue weighted by molar-refractivity contribution is 8.02. The van der Waals surface area contributed by atoms with Crippen molar-refractivity contribution in [2.45, 2.75) is 23.1 Å². The lowest BCUT2D eigenvalue weighted by Gasteiger charge is -2.35. The molecule has 2 heterocycles. The van der Waals surface area contributed by atoms with Gasteiger partial charge in [0.1, 0.15) is 5.51 Å². The predicted octanol–water partition coefficient (Wildman–Crippen LogP) is 1.48. The highest BCUT2D eigenvalue weighted by atomic mass is 32.2. The molecule has 1 atom stereocenters. The second-order valence-electron chi connectivity index (χ2n) is 6.33. The smallest absolute Gasteiger partial charge is 0.235 e. The first-order valence-corrected chi connectivity index (χ1v) is 10.6. The first kappa shape index (κ1) is 19.8. The van der Waals surface area contributed by atoms with Gasteiger partial charge in [0.15, 0.2) is 4.34 Å². The number of nitrogens with one attached hydrogen (secondary N) is 1. The SMILES string of the molecule is CC(Sc1nncs1)C(=O)N1CCN(CC(=O)NCc2ccccc2)CC1. The molecule has 27 heavy (non-hydrogen) atoms. The Morgan fingerprint density at radius 3 is 2.63 bits per heavy atom. The summed E-state index contributed by atoms with van der Waals surface area (Å²) < 4.78 is 0.810. The van der Waals surface area contributed by atoms with Crippen molar-refractivity contribution in [2.75, 3.05) is 32.7 Å². The van der Waals surface area contributed by atoms with Crippen LogP contribution in [0, 0.1) is 0 Å². The van der Waals surface area contributed by atoms with E-state index >= 15 is 0 Å². The number of carbonyl (C=O) groups is 2. The number of rotatable bonds is 7. The van der Waals surface area contributed by atoms with Gasteiger partial charge in [-0.2, -0.15) is 0 Å². The zero-order chi connectivity index (χ0) is 19.1. The van der Waals surface area contributed by atoms with E-state index in [1.165, 1.54) is 23.1 Å². The van der Waals surface area contributed by atoms with Gasteiger partial charge in [-0.3, -0.25) is 14.5 Å². The molecule has 0 aliphatic carbocycles. The van der Waals surface area contributed by atoms with Crippen molar-refractivity contribution >= 4 is 34.9 Å². The lowest BCUT2D eigenvalue weighted by molar-refractivity contribution is -0.132. The fourth-order valence-electron chi connectivity index (χ4n) is 2.85. The molecule has 144 valence electrons. The first-order chi connectivity index (χ1) is 13.1. The second kappa shape index (κ2) is 9.82. The molecule has 1 fully saturated rings. The molecular formula is C18H23N5O2S2. The number of nitrogens with zero attached hydrogens (tertiary/aromatic N) is 4. The van der Waals surface area contributed by atoms with Crippen LogP contribution in [-0.4, -0.2) is 69.8 Å². The van der Waals surface area contributed by atoms with Crippen LogP contribution >= 0.6 is 23.1 Å². The van der Waals surface area contributed by atoms with Gasteiger partial charge in [0, 0.05) is 32.7 Å². The summed E-state index contributed by atoms with van der Waals surface area (Å²) in [5, 5.41) is 10.5. The lowest BCUT2D eigenvalue weighted by Crippen LogP contribution is -2.52. The maximum absolute atomic E-state index is 12.6. The van der Waals surface area contributed by atoms with Gasteiger partial charge in [-0.05, 0) is 12.5 Å². The minimum atomic E-state index is -0.182. The van der Waals surface area contributed by atoms with E-state index in [9.17, 15) is 9.59 Å². The highest BCUT2D eigenvalue weighted by Gasteiger charge is 2.26. The molecule has 1 aliphatic heterocycles. The normalized spacial score (nSPS) is 16.1. The standard InChI is InChI=1S/C18H23N5O2S2/c1-14(27-18-21-20-13-26-18)17(25)23-9-7-22(8-10-23)12-16(24)19-11-15-5-3-2-4-6-15/h2-6,13-14H,7-12H2,1H3,(H,19,24). The quantitative estimate of drug-likeness (QED) is 0.703. The molecule has 1 N–H and O–H groups in total. The van der Waals surface area contributed by atoms with Crippen molar-refractivity contribution in [2.24, 2.45) is 0 Å². The van der Waals surface area contributed by atoms with Crippen LogP contribution in [0.3, 0.4) is 0 Å². The van der Waals surface area contributed by atoms with E-state index in [1.54, 1.807) is 5.51 Å². The van der Waals surface area contributed by atoms with Crippen molar-refractivity contribution in [3.05, 3.63) is 41.4 Å². The Hall–Kier alpha value is -1.97. The van der Waals surface area contributed by atoms with Gasteiger partial charge in [0.25, 0.3) is 0 Å². The Labute approximate surface area is 167 Å². The first-order valence-electron chi connectivity index (χ1n) is 8.86. The van der Waals surface area contributed by atoms with E-state index in [1.807, 2.05) is 42.2 Å². The lowest BCUT2D eigenvalue weighted by atomic mass is 10.2. The van der Waals surface area contributed by atoms with Crippen LogP contribution in [-0.2, 0) is 16.1 Å². The van der Waals surface area contributed by atoms with Crippen molar-refractivity contribution in [3.63, 3.8) is 0 Å². The minimum absolute atomic E-state index is 0.0128. The summed E-state index contributed by atoms with van der Waals surface area (Å²) in [4.78, 5) is 28.7. The maximum atomic E-state index is 12.6. The number of aromatic nitrogens is 2. The number of carbonyl (C=O) groups excluding carboxylic acids is 2.